The van der Waals surface area contributed by atoms with E-state index in [4.69, 9.17) is 5.73 Å². The molecule has 0 fully saturated rings. The fraction of sp³-hybridized carbons (Fsp3) is 0.600. The first-order valence-electron chi connectivity index (χ1n) is 2.42. The zero-order chi connectivity index (χ0) is 5.28. The fourth-order valence-electron chi connectivity index (χ4n) is 0.632. The molecular formula is C5H9N2Re2-. The third-order valence-corrected chi connectivity index (χ3v) is 1.21. The minimum absolute atomic E-state index is 0. The van der Waals surface area contributed by atoms with Gasteiger partial charge in [-0.2, -0.15) is 5.70 Å². The molecule has 4 heteroatoms. The van der Waals surface area contributed by atoms with Crippen molar-refractivity contribution in [2.45, 2.75) is 12.5 Å². The van der Waals surface area contributed by atoms with Crippen LogP contribution < -0.4 is 5.32 Å². The fourth-order valence-corrected chi connectivity index (χ4v) is 0.632. The summed E-state index contributed by atoms with van der Waals surface area (Å²) < 4.78 is 0. The molecule has 0 aliphatic heterocycles. The van der Waals surface area contributed by atoms with Crippen LogP contribution in [0.4, 0.5) is 0 Å². The number of hydrogen-bond acceptors (Lipinski definition) is 1. The SMILES string of the molecule is CNC1C=C([NH-])C1.[Re].[Re]. The first kappa shape index (κ1) is 12.5. The average Bonchev–Trinajstić information content (AvgIpc) is 1.58. The van der Waals surface area contributed by atoms with E-state index in [1.54, 1.807) is 0 Å². The third kappa shape index (κ3) is 3.51. The van der Waals surface area contributed by atoms with Gasteiger partial charge in [0.05, 0.1) is 0 Å². The van der Waals surface area contributed by atoms with Gasteiger partial charge in [0, 0.05) is 46.9 Å². The molecule has 0 aromatic rings. The molecule has 2 N–H and O–H groups in total. The van der Waals surface area contributed by atoms with Crippen LogP contribution in [0.3, 0.4) is 0 Å². The van der Waals surface area contributed by atoms with E-state index in [0.29, 0.717) is 6.04 Å². The maximum atomic E-state index is 6.97. The summed E-state index contributed by atoms with van der Waals surface area (Å²) in [5.74, 6) is 0. The zero-order valence-electron chi connectivity index (χ0n) is 5.12. The molecular weight excluding hydrogens is 460 g/mol. The van der Waals surface area contributed by atoms with Crippen molar-refractivity contribution in [3.8, 4) is 0 Å². The van der Waals surface area contributed by atoms with Crippen molar-refractivity contribution in [2.24, 2.45) is 0 Å². The largest absolute Gasteiger partial charge is 0.702 e. The maximum Gasteiger partial charge on any atom is 0.0258 e. The number of rotatable bonds is 1. The smallest absolute Gasteiger partial charge is 0.0258 e. The van der Waals surface area contributed by atoms with Gasteiger partial charge >= 0.3 is 0 Å². The van der Waals surface area contributed by atoms with Crippen LogP contribution in [0.15, 0.2) is 11.8 Å². The molecule has 1 unspecified atom stereocenters. The van der Waals surface area contributed by atoms with Gasteiger partial charge in [0.25, 0.3) is 0 Å². The van der Waals surface area contributed by atoms with E-state index < -0.39 is 0 Å². The third-order valence-electron chi connectivity index (χ3n) is 1.21. The molecule has 9 heavy (non-hydrogen) atoms. The van der Waals surface area contributed by atoms with Gasteiger partial charge in [0.2, 0.25) is 0 Å². The van der Waals surface area contributed by atoms with Crippen molar-refractivity contribution in [1.29, 1.82) is 0 Å². The minimum Gasteiger partial charge on any atom is -0.702 e. The summed E-state index contributed by atoms with van der Waals surface area (Å²) in [4.78, 5) is 0. The van der Waals surface area contributed by atoms with Crippen molar-refractivity contribution in [3.05, 3.63) is 17.5 Å². The second kappa shape index (κ2) is 5.60. The summed E-state index contributed by atoms with van der Waals surface area (Å²) in [7, 11) is 1.91. The van der Waals surface area contributed by atoms with E-state index in [2.05, 4.69) is 5.32 Å². The van der Waals surface area contributed by atoms with E-state index in [1.165, 1.54) is 0 Å². The first-order valence-corrected chi connectivity index (χ1v) is 2.42. The van der Waals surface area contributed by atoms with Gasteiger partial charge in [0.1, 0.15) is 0 Å². The van der Waals surface area contributed by atoms with Crippen molar-refractivity contribution in [1.82, 2.24) is 5.32 Å². The van der Waals surface area contributed by atoms with E-state index in [-0.39, 0.29) is 40.8 Å². The Morgan fingerprint density at radius 3 is 2.22 bits per heavy atom. The predicted molar refractivity (Wildman–Crippen MR) is 29.9 cm³/mol. The Labute approximate surface area is 83.0 Å². The molecule has 1 aliphatic rings. The van der Waals surface area contributed by atoms with E-state index in [9.17, 15) is 0 Å². The van der Waals surface area contributed by atoms with Crippen LogP contribution in [0.5, 0.6) is 0 Å². The van der Waals surface area contributed by atoms with Crippen LogP contribution in [-0.2, 0) is 40.8 Å². The van der Waals surface area contributed by atoms with Crippen LogP contribution in [0.1, 0.15) is 6.42 Å². The van der Waals surface area contributed by atoms with E-state index in [0.717, 1.165) is 12.1 Å². The Morgan fingerprint density at radius 1 is 1.67 bits per heavy atom. The van der Waals surface area contributed by atoms with Gasteiger partial charge in [0.15, 0.2) is 0 Å². The Morgan fingerprint density at radius 2 is 2.11 bits per heavy atom. The molecule has 0 saturated carbocycles. The molecule has 2 nitrogen and oxygen atoms in total. The number of nitrogens with one attached hydrogen (secondary N) is 2. The Kier molecular flexibility index (Phi) is 7.77. The van der Waals surface area contributed by atoms with Crippen LogP contribution in [0, 0.1) is 0 Å². The van der Waals surface area contributed by atoms with Crippen molar-refractivity contribution in [3.63, 3.8) is 0 Å². The monoisotopic (exact) mass is 471 g/mol. The second-order valence-corrected chi connectivity index (χ2v) is 1.79. The molecule has 0 bridgehead atoms. The standard InChI is InChI=1S/C5H9N2.2Re/c1-7-5-2-4(6)3-5;;/h2,5-7H,3H2,1H3;;/q-1;;. The summed E-state index contributed by atoms with van der Waals surface area (Å²) in [6.45, 7) is 0. The molecule has 0 spiro atoms. The summed E-state index contributed by atoms with van der Waals surface area (Å²) in [5, 5.41) is 3.04. The predicted octanol–water partition coefficient (Wildman–Crippen LogP) is 0.909. The molecule has 1 atom stereocenters. The molecule has 0 aromatic heterocycles. The summed E-state index contributed by atoms with van der Waals surface area (Å²) in [5.41, 5.74) is 7.73. The molecule has 0 amide bonds. The van der Waals surface area contributed by atoms with Crippen LogP contribution in [-0.4, -0.2) is 13.1 Å². The van der Waals surface area contributed by atoms with Crippen molar-refractivity contribution >= 4 is 0 Å². The van der Waals surface area contributed by atoms with E-state index >= 15 is 0 Å². The zero-order valence-corrected chi connectivity index (χ0v) is 10.5. The number of hydrogen-bond donors (Lipinski definition) is 1. The first-order chi connectivity index (χ1) is 3.33. The van der Waals surface area contributed by atoms with E-state index in [1.807, 2.05) is 13.1 Å². The van der Waals surface area contributed by atoms with Gasteiger partial charge in [-0.15, -0.1) is 0 Å². The molecule has 54 valence electrons. The average molecular weight is 470 g/mol. The molecule has 1 aliphatic carbocycles. The quantitative estimate of drug-likeness (QED) is 0.609. The van der Waals surface area contributed by atoms with Crippen LogP contribution >= 0.6 is 0 Å². The summed E-state index contributed by atoms with van der Waals surface area (Å²) in [6, 6.07) is 0.493. The van der Waals surface area contributed by atoms with Gasteiger partial charge in [-0.1, -0.05) is 6.08 Å². The maximum absolute atomic E-state index is 6.97. The van der Waals surface area contributed by atoms with Crippen molar-refractivity contribution < 1.29 is 40.8 Å². The molecule has 0 saturated heterocycles. The minimum atomic E-state index is 0. The normalized spacial score (nSPS) is 22.3. The molecule has 1 rings (SSSR count). The molecule has 0 aromatic carbocycles. The Bertz CT molecular complexity index is 103. The van der Waals surface area contributed by atoms with Crippen LogP contribution in [0.25, 0.3) is 5.73 Å². The van der Waals surface area contributed by atoms with Crippen LogP contribution in [0.2, 0.25) is 0 Å². The second-order valence-electron chi connectivity index (χ2n) is 1.79. The van der Waals surface area contributed by atoms with Crippen molar-refractivity contribution in [2.75, 3.05) is 7.05 Å². The summed E-state index contributed by atoms with van der Waals surface area (Å²) >= 11 is 0. The Hall–Kier alpha value is 0.825. The Balaban J connectivity index is 0. The summed E-state index contributed by atoms with van der Waals surface area (Å²) in [6.07, 6.45) is 2.83. The van der Waals surface area contributed by atoms with Gasteiger partial charge in [-0.25, -0.2) is 0 Å². The van der Waals surface area contributed by atoms with Gasteiger partial charge in [-0.3, -0.25) is 0 Å². The molecule has 0 heterocycles. The van der Waals surface area contributed by atoms with Gasteiger partial charge in [-0.05, 0) is 13.5 Å². The molecule has 2 radical (unpaired) electrons. The number of likely N-dealkylation sites (N-methyl/N-ethyl adjacent to an activating group) is 1. The topological polar surface area (TPSA) is 35.8 Å². The van der Waals surface area contributed by atoms with Gasteiger partial charge < -0.3 is 11.1 Å².